The summed E-state index contributed by atoms with van der Waals surface area (Å²) in [6.07, 6.45) is 1.05. The molecule has 3 N–H and O–H groups in total. The van der Waals surface area contributed by atoms with E-state index in [2.05, 4.69) is 0 Å². The standard InChI is InChI=1S/C11H17NO2/c1-14-11-5-3-2-4-9(11)6-7-10(13)8-12/h2-5,10,13H,6-8,12H2,1H3. The van der Waals surface area contributed by atoms with Gasteiger partial charge in [0.05, 0.1) is 13.2 Å². The van der Waals surface area contributed by atoms with Crippen molar-refractivity contribution >= 4 is 0 Å². The predicted octanol–water partition coefficient (Wildman–Crippen LogP) is 0.947. The molecule has 1 aromatic carbocycles. The average molecular weight is 195 g/mol. The number of para-hydroxylation sites is 1. The Hall–Kier alpha value is -1.06. The number of methoxy groups -OCH3 is 1. The Morgan fingerprint density at radius 1 is 1.43 bits per heavy atom. The minimum absolute atomic E-state index is 0.315. The molecule has 1 aromatic rings. The van der Waals surface area contributed by atoms with Crippen LogP contribution in [0.4, 0.5) is 0 Å². The van der Waals surface area contributed by atoms with Crippen molar-refractivity contribution in [3.05, 3.63) is 29.8 Å². The molecule has 0 bridgehead atoms. The summed E-state index contributed by atoms with van der Waals surface area (Å²) in [7, 11) is 1.65. The molecule has 0 aliphatic rings. The lowest BCUT2D eigenvalue weighted by Crippen LogP contribution is -2.20. The van der Waals surface area contributed by atoms with E-state index in [4.69, 9.17) is 10.5 Å². The Kier molecular flexibility index (Phi) is 4.43. The number of aryl methyl sites for hydroxylation is 1. The van der Waals surface area contributed by atoms with Gasteiger partial charge >= 0.3 is 0 Å². The molecule has 0 saturated carbocycles. The number of hydrogen-bond donors (Lipinski definition) is 2. The lowest BCUT2D eigenvalue weighted by atomic mass is 10.1. The van der Waals surface area contributed by atoms with Crippen molar-refractivity contribution in [2.75, 3.05) is 13.7 Å². The molecule has 0 amide bonds. The highest BCUT2D eigenvalue weighted by Gasteiger charge is 2.05. The van der Waals surface area contributed by atoms with Gasteiger partial charge in [-0.05, 0) is 24.5 Å². The maximum atomic E-state index is 9.32. The lowest BCUT2D eigenvalue weighted by molar-refractivity contribution is 0.173. The van der Waals surface area contributed by atoms with E-state index in [9.17, 15) is 5.11 Å². The number of benzene rings is 1. The molecule has 3 nitrogen and oxygen atoms in total. The van der Waals surface area contributed by atoms with E-state index in [1.165, 1.54) is 0 Å². The second-order valence-electron chi connectivity index (χ2n) is 3.24. The van der Waals surface area contributed by atoms with E-state index in [0.717, 1.165) is 17.7 Å². The number of hydrogen-bond acceptors (Lipinski definition) is 3. The van der Waals surface area contributed by atoms with Crippen LogP contribution in [0.3, 0.4) is 0 Å². The van der Waals surface area contributed by atoms with E-state index >= 15 is 0 Å². The van der Waals surface area contributed by atoms with E-state index < -0.39 is 6.10 Å². The lowest BCUT2D eigenvalue weighted by Gasteiger charge is -2.10. The molecular formula is C11H17NO2. The third kappa shape index (κ3) is 3.01. The Balaban J connectivity index is 2.57. The average Bonchev–Trinajstić information content (AvgIpc) is 2.26. The molecule has 0 aliphatic heterocycles. The largest absolute Gasteiger partial charge is 0.496 e. The van der Waals surface area contributed by atoms with Gasteiger partial charge in [0.2, 0.25) is 0 Å². The summed E-state index contributed by atoms with van der Waals surface area (Å²) in [5.41, 5.74) is 6.44. The fraction of sp³-hybridized carbons (Fsp3) is 0.455. The van der Waals surface area contributed by atoms with Crippen LogP contribution in [-0.2, 0) is 6.42 Å². The molecule has 3 heteroatoms. The summed E-state index contributed by atoms with van der Waals surface area (Å²) in [6.45, 7) is 0.315. The molecule has 0 fully saturated rings. The van der Waals surface area contributed by atoms with E-state index in [0.29, 0.717) is 13.0 Å². The maximum absolute atomic E-state index is 9.32. The zero-order valence-electron chi connectivity index (χ0n) is 8.44. The van der Waals surface area contributed by atoms with Gasteiger partial charge in [-0.15, -0.1) is 0 Å². The first-order valence-corrected chi connectivity index (χ1v) is 4.78. The van der Waals surface area contributed by atoms with Gasteiger partial charge in [-0.25, -0.2) is 0 Å². The number of aliphatic hydroxyl groups is 1. The van der Waals surface area contributed by atoms with Gasteiger partial charge in [-0.3, -0.25) is 0 Å². The summed E-state index contributed by atoms with van der Waals surface area (Å²) in [6, 6.07) is 7.82. The number of ether oxygens (including phenoxy) is 1. The van der Waals surface area contributed by atoms with Crippen LogP contribution in [0.5, 0.6) is 5.75 Å². The molecule has 1 rings (SSSR count). The normalized spacial score (nSPS) is 12.5. The number of rotatable bonds is 5. The molecule has 0 saturated heterocycles. The van der Waals surface area contributed by atoms with Crippen molar-refractivity contribution in [2.45, 2.75) is 18.9 Å². The van der Waals surface area contributed by atoms with Gasteiger partial charge in [-0.1, -0.05) is 18.2 Å². The zero-order chi connectivity index (χ0) is 10.4. The van der Waals surface area contributed by atoms with Crippen LogP contribution in [0.15, 0.2) is 24.3 Å². The van der Waals surface area contributed by atoms with Crippen LogP contribution in [0, 0.1) is 0 Å². The van der Waals surface area contributed by atoms with Crippen molar-refractivity contribution in [3.63, 3.8) is 0 Å². The summed E-state index contributed by atoms with van der Waals surface area (Å²) < 4.78 is 5.20. The topological polar surface area (TPSA) is 55.5 Å². The van der Waals surface area contributed by atoms with Gasteiger partial charge in [-0.2, -0.15) is 0 Å². The first-order chi connectivity index (χ1) is 6.77. The summed E-state index contributed by atoms with van der Waals surface area (Å²) >= 11 is 0. The number of nitrogens with two attached hydrogens (primary N) is 1. The van der Waals surface area contributed by atoms with E-state index in [1.54, 1.807) is 7.11 Å². The highest BCUT2D eigenvalue weighted by Crippen LogP contribution is 2.19. The fourth-order valence-corrected chi connectivity index (χ4v) is 1.35. The van der Waals surface area contributed by atoms with Crippen LogP contribution in [0.2, 0.25) is 0 Å². The Bertz CT molecular complexity index is 276. The molecule has 0 spiro atoms. The molecular weight excluding hydrogens is 178 g/mol. The quantitative estimate of drug-likeness (QED) is 0.735. The molecule has 14 heavy (non-hydrogen) atoms. The van der Waals surface area contributed by atoms with Gasteiger partial charge in [0.25, 0.3) is 0 Å². The van der Waals surface area contributed by atoms with Crippen molar-refractivity contribution in [2.24, 2.45) is 5.73 Å². The van der Waals surface area contributed by atoms with Crippen molar-refractivity contribution < 1.29 is 9.84 Å². The van der Waals surface area contributed by atoms with Gasteiger partial charge < -0.3 is 15.6 Å². The first kappa shape index (κ1) is 11.0. The van der Waals surface area contributed by atoms with Crippen molar-refractivity contribution in [1.82, 2.24) is 0 Å². The maximum Gasteiger partial charge on any atom is 0.122 e. The third-order valence-corrected chi connectivity index (χ3v) is 2.21. The molecule has 0 aromatic heterocycles. The van der Waals surface area contributed by atoms with Gasteiger partial charge in [0.1, 0.15) is 5.75 Å². The van der Waals surface area contributed by atoms with Crippen LogP contribution >= 0.6 is 0 Å². The summed E-state index contributed by atoms with van der Waals surface area (Å²) in [4.78, 5) is 0. The SMILES string of the molecule is COc1ccccc1CCC(O)CN. The Morgan fingerprint density at radius 2 is 2.14 bits per heavy atom. The van der Waals surface area contributed by atoms with Crippen molar-refractivity contribution in [1.29, 1.82) is 0 Å². The van der Waals surface area contributed by atoms with Crippen LogP contribution in [-0.4, -0.2) is 24.9 Å². The minimum atomic E-state index is -0.417. The first-order valence-electron chi connectivity index (χ1n) is 4.78. The van der Waals surface area contributed by atoms with E-state index in [-0.39, 0.29) is 0 Å². The third-order valence-electron chi connectivity index (χ3n) is 2.21. The van der Waals surface area contributed by atoms with Crippen molar-refractivity contribution in [3.8, 4) is 5.75 Å². The summed E-state index contributed by atoms with van der Waals surface area (Å²) in [5, 5.41) is 9.32. The molecule has 78 valence electrons. The van der Waals surface area contributed by atoms with E-state index in [1.807, 2.05) is 24.3 Å². The van der Waals surface area contributed by atoms with Gasteiger partial charge in [0, 0.05) is 6.54 Å². The highest BCUT2D eigenvalue weighted by molar-refractivity contribution is 5.33. The van der Waals surface area contributed by atoms with Crippen LogP contribution < -0.4 is 10.5 Å². The fourth-order valence-electron chi connectivity index (χ4n) is 1.35. The zero-order valence-corrected chi connectivity index (χ0v) is 8.44. The Labute approximate surface area is 84.5 Å². The molecule has 0 heterocycles. The second kappa shape index (κ2) is 5.62. The molecule has 1 atom stereocenters. The minimum Gasteiger partial charge on any atom is -0.496 e. The monoisotopic (exact) mass is 195 g/mol. The highest BCUT2D eigenvalue weighted by atomic mass is 16.5. The molecule has 0 aliphatic carbocycles. The second-order valence-corrected chi connectivity index (χ2v) is 3.24. The Morgan fingerprint density at radius 3 is 2.79 bits per heavy atom. The van der Waals surface area contributed by atoms with Crippen LogP contribution in [0.1, 0.15) is 12.0 Å². The van der Waals surface area contributed by atoms with Gasteiger partial charge in [0.15, 0.2) is 0 Å². The smallest absolute Gasteiger partial charge is 0.122 e. The van der Waals surface area contributed by atoms with Crippen LogP contribution in [0.25, 0.3) is 0 Å². The molecule has 0 radical (unpaired) electrons. The number of aliphatic hydroxyl groups excluding tert-OH is 1. The molecule has 1 unspecified atom stereocenters. The predicted molar refractivity (Wildman–Crippen MR) is 56.4 cm³/mol. The summed E-state index contributed by atoms with van der Waals surface area (Å²) in [5.74, 6) is 0.872.